The standard InChI is InChI=1S/C30H38NO8P/c1-21(2)35-27(32)25-26(28(33)36-22(3)4)38-40(34,37-25)39-30(23-11-7-5-8-12-23,24-13-9-6-10-14-24)29-15-18-31(19-16-29)20-17-29/h5-14,21-22,25-26H,15-20H2,1-4H3. The Kier molecular flexibility index (Phi) is 8.24. The van der Waals surface area contributed by atoms with Gasteiger partial charge < -0.3 is 14.4 Å². The minimum atomic E-state index is -4.55. The monoisotopic (exact) mass is 571 g/mol. The number of phosphoric ester groups is 1. The maximum atomic E-state index is 14.6. The van der Waals surface area contributed by atoms with Crippen LogP contribution >= 0.6 is 7.82 Å². The number of piperidine rings is 3. The highest BCUT2D eigenvalue weighted by molar-refractivity contribution is 7.49. The van der Waals surface area contributed by atoms with E-state index in [1.54, 1.807) is 27.7 Å². The molecule has 0 N–H and O–H groups in total. The molecular weight excluding hydrogens is 533 g/mol. The SMILES string of the molecule is CC(C)OC(=O)C1OP(=O)(OC(c2ccccc2)(c2ccccc2)C23CCN(CC2)CC3)OC1C(=O)OC(C)C. The molecule has 0 aliphatic carbocycles. The van der Waals surface area contributed by atoms with Gasteiger partial charge in [-0.25, -0.2) is 14.2 Å². The van der Waals surface area contributed by atoms with E-state index in [2.05, 4.69) is 4.90 Å². The van der Waals surface area contributed by atoms with Gasteiger partial charge in [-0.3, -0.25) is 13.6 Å². The number of benzene rings is 2. The van der Waals surface area contributed by atoms with E-state index >= 15 is 0 Å². The third-order valence-electron chi connectivity index (χ3n) is 8.00. The third kappa shape index (κ3) is 5.38. The number of ether oxygens (including phenoxy) is 2. The number of fused-ring (bicyclic) bond motifs is 3. The molecule has 0 aromatic heterocycles. The molecule has 0 spiro atoms. The lowest BCUT2D eigenvalue weighted by molar-refractivity contribution is -0.167. The summed E-state index contributed by atoms with van der Waals surface area (Å²) in [6, 6.07) is 19.3. The topological polar surface area (TPSA) is 101 Å². The average molecular weight is 572 g/mol. The van der Waals surface area contributed by atoms with E-state index in [0.29, 0.717) is 0 Å². The molecule has 4 fully saturated rings. The first-order chi connectivity index (χ1) is 19.1. The number of hydrogen-bond donors (Lipinski definition) is 0. The zero-order valence-electron chi connectivity index (χ0n) is 23.5. The first-order valence-corrected chi connectivity index (χ1v) is 15.5. The molecule has 4 aliphatic rings. The Morgan fingerprint density at radius 2 is 1.20 bits per heavy atom. The number of carbonyl (C=O) groups is 2. The predicted molar refractivity (Wildman–Crippen MR) is 147 cm³/mol. The number of nitrogens with zero attached hydrogens (tertiary/aromatic N) is 1. The Hall–Kier alpha value is -2.55. The number of esters is 2. The van der Waals surface area contributed by atoms with Crippen LogP contribution in [-0.2, 0) is 42.8 Å². The van der Waals surface area contributed by atoms with Crippen LogP contribution in [0.15, 0.2) is 60.7 Å². The first kappa shape index (κ1) is 29.0. The number of carbonyl (C=O) groups excluding carboxylic acids is 2. The largest absolute Gasteiger partial charge is 0.477 e. The van der Waals surface area contributed by atoms with Gasteiger partial charge in [-0.1, -0.05) is 60.7 Å². The van der Waals surface area contributed by atoms with Crippen molar-refractivity contribution in [1.29, 1.82) is 0 Å². The molecule has 2 unspecified atom stereocenters. The number of hydrogen-bond acceptors (Lipinski definition) is 9. The molecule has 4 heterocycles. The Morgan fingerprint density at radius 3 is 1.57 bits per heavy atom. The van der Waals surface area contributed by atoms with Crippen molar-refractivity contribution in [2.24, 2.45) is 5.41 Å². The summed E-state index contributed by atoms with van der Waals surface area (Å²) in [4.78, 5) is 28.5. The van der Waals surface area contributed by atoms with E-state index < -0.39 is 55.2 Å². The van der Waals surface area contributed by atoms with Crippen molar-refractivity contribution < 1.29 is 37.2 Å². The van der Waals surface area contributed by atoms with Gasteiger partial charge in [0, 0.05) is 5.41 Å². The highest BCUT2D eigenvalue weighted by Gasteiger charge is 2.64. The van der Waals surface area contributed by atoms with E-state index in [9.17, 15) is 14.2 Å². The zero-order valence-corrected chi connectivity index (χ0v) is 24.4. The zero-order chi connectivity index (χ0) is 28.5. The summed E-state index contributed by atoms with van der Waals surface area (Å²) >= 11 is 0. The van der Waals surface area contributed by atoms with E-state index in [4.69, 9.17) is 23.0 Å². The Balaban J connectivity index is 1.63. The normalized spacial score (nSPS) is 30.0. The van der Waals surface area contributed by atoms with Gasteiger partial charge in [0.1, 0.15) is 5.60 Å². The fourth-order valence-electron chi connectivity index (χ4n) is 6.24. The molecule has 0 radical (unpaired) electrons. The van der Waals surface area contributed by atoms with Gasteiger partial charge in [0.25, 0.3) is 0 Å². The fraction of sp³-hybridized carbons (Fsp3) is 0.533. The molecule has 9 nitrogen and oxygen atoms in total. The summed E-state index contributed by atoms with van der Waals surface area (Å²) in [6.07, 6.45) is -1.78. The van der Waals surface area contributed by atoms with Crippen LogP contribution in [0.5, 0.6) is 0 Å². The quantitative estimate of drug-likeness (QED) is 0.296. The Labute approximate surface area is 235 Å². The van der Waals surface area contributed by atoms with Crippen molar-refractivity contribution in [3.05, 3.63) is 71.8 Å². The molecule has 4 aliphatic heterocycles. The lowest BCUT2D eigenvalue weighted by Gasteiger charge is -2.58. The second-order valence-electron chi connectivity index (χ2n) is 11.3. The van der Waals surface area contributed by atoms with Crippen LogP contribution in [0.2, 0.25) is 0 Å². The van der Waals surface area contributed by atoms with Crippen LogP contribution in [0.1, 0.15) is 58.1 Å². The first-order valence-electron chi connectivity index (χ1n) is 14.0. The van der Waals surface area contributed by atoms with Crippen LogP contribution in [0.25, 0.3) is 0 Å². The Morgan fingerprint density at radius 1 is 0.800 bits per heavy atom. The van der Waals surface area contributed by atoms with Gasteiger partial charge in [-0.15, -0.1) is 0 Å². The lowest BCUT2D eigenvalue weighted by atomic mass is 9.57. The van der Waals surface area contributed by atoms with Crippen molar-refractivity contribution in [3.63, 3.8) is 0 Å². The fourth-order valence-corrected chi connectivity index (χ4v) is 8.06. The maximum absolute atomic E-state index is 14.6. The molecule has 2 bridgehead atoms. The maximum Gasteiger partial charge on any atom is 0.477 e. The molecule has 2 aromatic carbocycles. The van der Waals surface area contributed by atoms with Gasteiger partial charge in [0.2, 0.25) is 12.2 Å². The van der Waals surface area contributed by atoms with Crippen LogP contribution < -0.4 is 0 Å². The summed E-state index contributed by atoms with van der Waals surface area (Å²) in [7, 11) is -4.55. The molecule has 0 amide bonds. The summed E-state index contributed by atoms with van der Waals surface area (Å²) in [5, 5.41) is 0. The van der Waals surface area contributed by atoms with Crippen molar-refractivity contribution in [2.75, 3.05) is 19.6 Å². The molecule has 40 heavy (non-hydrogen) atoms. The number of phosphoric acid groups is 1. The highest BCUT2D eigenvalue weighted by Crippen LogP contribution is 2.68. The van der Waals surface area contributed by atoms with E-state index in [1.165, 1.54) is 0 Å². The van der Waals surface area contributed by atoms with Gasteiger partial charge in [-0.2, -0.15) is 0 Å². The summed E-state index contributed by atoms with van der Waals surface area (Å²) in [5.41, 5.74) is -0.0954. The minimum Gasteiger partial charge on any atom is -0.461 e. The van der Waals surface area contributed by atoms with Crippen LogP contribution in [0, 0.1) is 5.41 Å². The summed E-state index contributed by atoms with van der Waals surface area (Å²) < 4.78 is 43.7. The van der Waals surface area contributed by atoms with Crippen molar-refractivity contribution in [1.82, 2.24) is 4.90 Å². The van der Waals surface area contributed by atoms with Crippen LogP contribution in [-0.4, -0.2) is 60.9 Å². The van der Waals surface area contributed by atoms with E-state index in [1.807, 2.05) is 60.7 Å². The second-order valence-corrected chi connectivity index (χ2v) is 12.8. The minimum absolute atomic E-state index is 0.445. The van der Waals surface area contributed by atoms with Gasteiger partial charge in [-0.05, 0) is 77.7 Å². The predicted octanol–water partition coefficient (Wildman–Crippen LogP) is 5.23. The summed E-state index contributed by atoms with van der Waals surface area (Å²) in [6.45, 7) is 9.34. The van der Waals surface area contributed by atoms with Crippen molar-refractivity contribution in [2.45, 2.75) is 77.0 Å². The third-order valence-corrected chi connectivity index (χ3v) is 9.47. The Bertz CT molecular complexity index is 1160. The van der Waals surface area contributed by atoms with Crippen molar-refractivity contribution in [3.8, 4) is 0 Å². The molecule has 10 heteroatoms. The van der Waals surface area contributed by atoms with Gasteiger partial charge in [0.05, 0.1) is 12.2 Å². The molecule has 2 aromatic rings. The van der Waals surface area contributed by atoms with Gasteiger partial charge >= 0.3 is 19.8 Å². The average Bonchev–Trinajstić information content (AvgIpc) is 3.31. The molecule has 4 saturated heterocycles. The smallest absolute Gasteiger partial charge is 0.461 e. The van der Waals surface area contributed by atoms with E-state index in [-0.39, 0.29) is 0 Å². The second kappa shape index (κ2) is 11.4. The highest BCUT2D eigenvalue weighted by atomic mass is 31.2. The molecule has 2 atom stereocenters. The number of rotatable bonds is 9. The molecule has 6 rings (SSSR count). The van der Waals surface area contributed by atoms with Crippen molar-refractivity contribution >= 4 is 19.8 Å². The molecular formula is C30H38NO8P. The molecule has 216 valence electrons. The van der Waals surface area contributed by atoms with Gasteiger partial charge in [0.15, 0.2) is 0 Å². The lowest BCUT2D eigenvalue weighted by Crippen LogP contribution is -2.59. The van der Waals surface area contributed by atoms with Crippen LogP contribution in [0.3, 0.4) is 0 Å². The van der Waals surface area contributed by atoms with E-state index in [0.717, 1.165) is 50.0 Å². The summed E-state index contributed by atoms with van der Waals surface area (Å²) in [5.74, 6) is -1.73. The molecule has 0 saturated carbocycles. The van der Waals surface area contributed by atoms with Crippen LogP contribution in [0.4, 0.5) is 0 Å².